The Morgan fingerprint density at radius 2 is 1.74 bits per heavy atom. The second-order valence-electron chi connectivity index (χ2n) is 6.03. The van der Waals surface area contributed by atoms with Gasteiger partial charge in [-0.3, -0.25) is 4.79 Å². The van der Waals surface area contributed by atoms with E-state index in [1.807, 2.05) is 0 Å². The molecule has 0 fully saturated rings. The van der Waals surface area contributed by atoms with E-state index < -0.39 is 17.8 Å². The van der Waals surface area contributed by atoms with Crippen LogP contribution in [-0.2, 0) is 14.3 Å². The van der Waals surface area contributed by atoms with Crippen LogP contribution in [-0.4, -0.2) is 38.2 Å². The van der Waals surface area contributed by atoms with Gasteiger partial charge < -0.3 is 19.5 Å². The van der Waals surface area contributed by atoms with Crippen LogP contribution < -0.4 is 10.1 Å². The average Bonchev–Trinajstić information content (AvgIpc) is 3.02. The molecular formula is C21H21Cl2NO6S. The number of nitrogens with one attached hydrogen (secondary N) is 1. The lowest BCUT2D eigenvalue weighted by molar-refractivity contribution is -0.111. The highest BCUT2D eigenvalue weighted by molar-refractivity contribution is 7.18. The predicted octanol–water partition coefficient (Wildman–Crippen LogP) is 5.38. The predicted molar refractivity (Wildman–Crippen MR) is 122 cm³/mol. The molecule has 0 saturated heterocycles. The Hall–Kier alpha value is -2.55. The quantitative estimate of drug-likeness (QED) is 0.398. The molecule has 166 valence electrons. The molecule has 7 nitrogen and oxygen atoms in total. The van der Waals surface area contributed by atoms with Gasteiger partial charge >= 0.3 is 11.9 Å². The van der Waals surface area contributed by atoms with Gasteiger partial charge in [-0.1, -0.05) is 23.2 Å². The highest BCUT2D eigenvalue weighted by Gasteiger charge is 2.27. The molecule has 31 heavy (non-hydrogen) atoms. The van der Waals surface area contributed by atoms with E-state index in [4.69, 9.17) is 37.4 Å². The normalized spacial score (nSPS) is 10.8. The fourth-order valence-corrected chi connectivity index (χ4v) is 4.36. The lowest BCUT2D eigenvalue weighted by Crippen LogP contribution is -2.13. The maximum absolute atomic E-state index is 12.5. The van der Waals surface area contributed by atoms with Gasteiger partial charge in [0.2, 0.25) is 5.91 Å². The standard InChI is InChI=1S/C21H21Cl2NO6S/c1-5-29-20(26)16-11(3)18(21(27)30-6-2)31-19(16)24-15(25)8-7-12-9-13(22)10-14(23)17(12)28-4/h7-10H,5-6H2,1-4H3,(H,24,25). The minimum atomic E-state index is -0.644. The number of methoxy groups -OCH3 is 1. The molecule has 0 aliphatic heterocycles. The highest BCUT2D eigenvalue weighted by atomic mass is 35.5. The molecule has 0 aliphatic rings. The van der Waals surface area contributed by atoms with Gasteiger partial charge in [-0.25, -0.2) is 9.59 Å². The Labute approximate surface area is 193 Å². The van der Waals surface area contributed by atoms with E-state index in [1.54, 1.807) is 26.8 Å². The second kappa shape index (κ2) is 11.2. The zero-order valence-electron chi connectivity index (χ0n) is 17.3. The van der Waals surface area contributed by atoms with Crippen LogP contribution in [0.5, 0.6) is 5.75 Å². The van der Waals surface area contributed by atoms with Crippen molar-refractivity contribution >= 4 is 63.5 Å². The van der Waals surface area contributed by atoms with E-state index in [1.165, 1.54) is 25.3 Å². The number of rotatable bonds is 8. The van der Waals surface area contributed by atoms with E-state index >= 15 is 0 Å². The van der Waals surface area contributed by atoms with Crippen LogP contribution in [0.4, 0.5) is 5.00 Å². The number of halogens is 2. The number of carbonyl (C=O) groups is 3. The van der Waals surface area contributed by atoms with Crippen molar-refractivity contribution in [1.29, 1.82) is 0 Å². The summed E-state index contributed by atoms with van der Waals surface area (Å²) in [6, 6.07) is 3.12. The molecule has 0 atom stereocenters. The molecule has 1 heterocycles. The van der Waals surface area contributed by atoms with E-state index in [-0.39, 0.29) is 28.7 Å². The zero-order chi connectivity index (χ0) is 23.1. The van der Waals surface area contributed by atoms with Crippen LogP contribution >= 0.6 is 34.5 Å². The van der Waals surface area contributed by atoms with Crippen LogP contribution in [0.2, 0.25) is 10.0 Å². The number of hydrogen-bond donors (Lipinski definition) is 1. The van der Waals surface area contributed by atoms with Gasteiger partial charge in [0.1, 0.15) is 15.6 Å². The second-order valence-corrected chi connectivity index (χ2v) is 7.90. The minimum absolute atomic E-state index is 0.111. The number of ether oxygens (including phenoxy) is 3. The van der Waals surface area contributed by atoms with E-state index in [0.29, 0.717) is 26.9 Å². The van der Waals surface area contributed by atoms with Crippen molar-refractivity contribution in [2.75, 3.05) is 25.6 Å². The number of hydrogen-bond acceptors (Lipinski definition) is 7. The summed E-state index contributed by atoms with van der Waals surface area (Å²) in [7, 11) is 1.45. The number of amides is 1. The van der Waals surface area contributed by atoms with Gasteiger partial charge in [-0.05, 0) is 44.5 Å². The average molecular weight is 486 g/mol. The molecule has 1 N–H and O–H groups in total. The van der Waals surface area contributed by atoms with Crippen LogP contribution in [0.25, 0.3) is 6.08 Å². The van der Waals surface area contributed by atoms with E-state index in [9.17, 15) is 14.4 Å². The first kappa shape index (κ1) is 24.7. The van der Waals surface area contributed by atoms with Crippen molar-refractivity contribution in [3.8, 4) is 5.75 Å². The summed E-state index contributed by atoms with van der Waals surface area (Å²) in [5, 5.41) is 3.48. The largest absolute Gasteiger partial charge is 0.495 e. The molecular weight excluding hydrogens is 465 g/mol. The summed E-state index contributed by atoms with van der Waals surface area (Å²) in [5.74, 6) is -1.40. The Morgan fingerprint density at radius 3 is 2.35 bits per heavy atom. The van der Waals surface area contributed by atoms with Crippen LogP contribution in [0.15, 0.2) is 18.2 Å². The van der Waals surface area contributed by atoms with Gasteiger partial charge in [0, 0.05) is 16.7 Å². The number of esters is 2. The molecule has 10 heteroatoms. The molecule has 0 unspecified atom stereocenters. The Bertz CT molecular complexity index is 1030. The third kappa shape index (κ3) is 6.00. The molecule has 1 aromatic heterocycles. The summed E-state index contributed by atoms with van der Waals surface area (Å²) in [6.45, 7) is 5.26. The summed E-state index contributed by atoms with van der Waals surface area (Å²) >= 11 is 13.1. The summed E-state index contributed by atoms with van der Waals surface area (Å²) in [6.07, 6.45) is 2.71. The summed E-state index contributed by atoms with van der Waals surface area (Å²) < 4.78 is 15.3. The maximum atomic E-state index is 12.5. The monoisotopic (exact) mass is 485 g/mol. The van der Waals surface area contributed by atoms with Gasteiger partial charge in [-0.2, -0.15) is 0 Å². The topological polar surface area (TPSA) is 90.9 Å². The minimum Gasteiger partial charge on any atom is -0.495 e. The molecule has 0 radical (unpaired) electrons. The number of thiophene rings is 1. The number of anilines is 1. The Morgan fingerprint density at radius 1 is 1.10 bits per heavy atom. The molecule has 0 aliphatic carbocycles. The van der Waals surface area contributed by atoms with Gasteiger partial charge in [0.05, 0.1) is 30.9 Å². The molecule has 1 amide bonds. The first-order valence-corrected chi connectivity index (χ1v) is 10.8. The first-order chi connectivity index (χ1) is 14.7. The molecule has 2 aromatic rings. The zero-order valence-corrected chi connectivity index (χ0v) is 19.7. The third-order valence-electron chi connectivity index (χ3n) is 3.98. The smallest absolute Gasteiger partial charge is 0.348 e. The lowest BCUT2D eigenvalue weighted by Gasteiger charge is -2.08. The lowest BCUT2D eigenvalue weighted by atomic mass is 10.1. The summed E-state index contributed by atoms with van der Waals surface area (Å²) in [5.41, 5.74) is 0.986. The van der Waals surface area contributed by atoms with E-state index in [2.05, 4.69) is 5.32 Å². The molecule has 0 saturated carbocycles. The maximum Gasteiger partial charge on any atom is 0.348 e. The van der Waals surface area contributed by atoms with Crippen molar-refractivity contribution in [3.05, 3.63) is 49.8 Å². The van der Waals surface area contributed by atoms with Gasteiger partial charge in [0.25, 0.3) is 0 Å². The number of benzene rings is 1. The summed E-state index contributed by atoms with van der Waals surface area (Å²) in [4.78, 5) is 37.4. The van der Waals surface area contributed by atoms with Crippen molar-refractivity contribution < 1.29 is 28.6 Å². The van der Waals surface area contributed by atoms with Crippen molar-refractivity contribution in [1.82, 2.24) is 0 Å². The Balaban J connectivity index is 2.36. The fraction of sp³-hybridized carbons (Fsp3) is 0.286. The van der Waals surface area contributed by atoms with Crippen LogP contribution in [0.3, 0.4) is 0 Å². The molecule has 0 spiro atoms. The Kier molecular flexibility index (Phi) is 8.91. The fourth-order valence-electron chi connectivity index (χ4n) is 2.68. The highest BCUT2D eigenvalue weighted by Crippen LogP contribution is 2.35. The van der Waals surface area contributed by atoms with Crippen LogP contribution in [0.1, 0.15) is 45.0 Å². The van der Waals surface area contributed by atoms with Crippen molar-refractivity contribution in [2.24, 2.45) is 0 Å². The van der Waals surface area contributed by atoms with E-state index in [0.717, 1.165) is 11.3 Å². The van der Waals surface area contributed by atoms with Crippen molar-refractivity contribution in [2.45, 2.75) is 20.8 Å². The SMILES string of the molecule is CCOC(=O)c1sc(NC(=O)C=Cc2cc(Cl)cc(Cl)c2OC)c(C(=O)OCC)c1C. The molecule has 0 bridgehead atoms. The van der Waals surface area contributed by atoms with Gasteiger partial charge in [0.15, 0.2) is 0 Å². The number of carbonyl (C=O) groups excluding carboxylic acids is 3. The third-order valence-corrected chi connectivity index (χ3v) is 5.67. The first-order valence-electron chi connectivity index (χ1n) is 9.23. The van der Waals surface area contributed by atoms with Crippen molar-refractivity contribution in [3.63, 3.8) is 0 Å². The van der Waals surface area contributed by atoms with Gasteiger partial charge in [-0.15, -0.1) is 11.3 Å². The molecule has 1 aromatic carbocycles. The molecule has 2 rings (SSSR count). The van der Waals surface area contributed by atoms with Crippen LogP contribution in [0, 0.1) is 6.92 Å².